The third-order valence-electron chi connectivity index (χ3n) is 3.77. The number of rotatable bonds is 4. The molecule has 0 radical (unpaired) electrons. The van der Waals surface area contributed by atoms with Crippen molar-refractivity contribution < 1.29 is 28.9 Å². The maximum absolute atomic E-state index is 13.0. The highest BCUT2D eigenvalue weighted by Crippen LogP contribution is 2.29. The number of carbonyl (C=O) groups is 2. The monoisotopic (exact) mass is 356 g/mol. The zero-order chi connectivity index (χ0) is 18.8. The number of carboxylic acids is 1. The standard InChI is InChI=1S/C18H13FN2O5/c1-26-18(25)15-16(22)13-12(14(21-15)17(23)24)7-10(8-20-13)6-9-2-4-11(19)5-3-9/h2-5,7-8,22H,6H2,1H3,(H,23,24). The second kappa shape index (κ2) is 6.75. The predicted octanol–water partition coefficient (Wildman–Crippen LogP) is 2.55. The Balaban J connectivity index is 2.13. The number of carbonyl (C=O) groups excluding carboxylic acids is 1. The summed E-state index contributed by atoms with van der Waals surface area (Å²) in [6.45, 7) is 0. The summed E-state index contributed by atoms with van der Waals surface area (Å²) in [7, 11) is 1.09. The van der Waals surface area contributed by atoms with Gasteiger partial charge in [-0.25, -0.2) is 19.0 Å². The highest BCUT2D eigenvalue weighted by Gasteiger charge is 2.23. The molecule has 0 unspecified atom stereocenters. The van der Waals surface area contributed by atoms with Crippen molar-refractivity contribution in [3.63, 3.8) is 0 Å². The minimum absolute atomic E-state index is 0.0688. The third-order valence-corrected chi connectivity index (χ3v) is 3.77. The van der Waals surface area contributed by atoms with Gasteiger partial charge in [0.25, 0.3) is 0 Å². The smallest absolute Gasteiger partial charge is 0.360 e. The van der Waals surface area contributed by atoms with E-state index in [0.29, 0.717) is 12.0 Å². The molecule has 132 valence electrons. The summed E-state index contributed by atoms with van der Waals surface area (Å²) in [5, 5.41) is 19.7. The Morgan fingerprint density at radius 2 is 1.85 bits per heavy atom. The molecule has 0 aliphatic rings. The number of aromatic carboxylic acids is 1. The van der Waals surface area contributed by atoms with Gasteiger partial charge >= 0.3 is 11.9 Å². The zero-order valence-electron chi connectivity index (χ0n) is 13.6. The van der Waals surface area contributed by atoms with Crippen LogP contribution in [-0.4, -0.2) is 39.2 Å². The zero-order valence-corrected chi connectivity index (χ0v) is 13.6. The molecule has 0 saturated heterocycles. The van der Waals surface area contributed by atoms with Crippen LogP contribution < -0.4 is 0 Å². The summed E-state index contributed by atoms with van der Waals surface area (Å²) in [5.74, 6) is -3.25. The van der Waals surface area contributed by atoms with Gasteiger partial charge in [-0.1, -0.05) is 12.1 Å². The first-order chi connectivity index (χ1) is 12.4. The van der Waals surface area contributed by atoms with E-state index in [4.69, 9.17) is 0 Å². The lowest BCUT2D eigenvalue weighted by Crippen LogP contribution is -2.11. The molecule has 0 fully saturated rings. The second-order valence-corrected chi connectivity index (χ2v) is 5.50. The number of esters is 1. The van der Waals surface area contributed by atoms with Gasteiger partial charge in [-0.3, -0.25) is 4.98 Å². The van der Waals surface area contributed by atoms with E-state index in [9.17, 15) is 24.2 Å². The average Bonchev–Trinajstić information content (AvgIpc) is 2.63. The molecule has 8 heteroatoms. The van der Waals surface area contributed by atoms with E-state index < -0.39 is 29.1 Å². The maximum Gasteiger partial charge on any atom is 0.360 e. The van der Waals surface area contributed by atoms with Crippen LogP contribution in [0.5, 0.6) is 5.75 Å². The third kappa shape index (κ3) is 3.16. The van der Waals surface area contributed by atoms with Crippen LogP contribution in [0, 0.1) is 5.82 Å². The largest absolute Gasteiger partial charge is 0.504 e. The number of methoxy groups -OCH3 is 1. The number of aromatic nitrogens is 2. The van der Waals surface area contributed by atoms with Gasteiger partial charge in [0.1, 0.15) is 11.3 Å². The van der Waals surface area contributed by atoms with E-state index in [2.05, 4.69) is 14.7 Å². The summed E-state index contributed by atoms with van der Waals surface area (Å²) in [6.07, 6.45) is 1.82. The summed E-state index contributed by atoms with van der Waals surface area (Å²) in [4.78, 5) is 31.0. The molecule has 0 bridgehead atoms. The first-order valence-corrected chi connectivity index (χ1v) is 7.48. The lowest BCUT2D eigenvalue weighted by Gasteiger charge is -2.10. The van der Waals surface area contributed by atoms with E-state index in [1.54, 1.807) is 12.1 Å². The van der Waals surface area contributed by atoms with Gasteiger partial charge in [0.15, 0.2) is 17.1 Å². The van der Waals surface area contributed by atoms with Crippen molar-refractivity contribution in [2.75, 3.05) is 7.11 Å². The van der Waals surface area contributed by atoms with E-state index >= 15 is 0 Å². The molecule has 2 N–H and O–H groups in total. The van der Waals surface area contributed by atoms with E-state index in [-0.39, 0.29) is 16.7 Å². The minimum atomic E-state index is -1.37. The Labute approximate surface area is 146 Å². The molecule has 2 aromatic heterocycles. The van der Waals surface area contributed by atoms with Crippen molar-refractivity contribution >= 4 is 22.8 Å². The predicted molar refractivity (Wildman–Crippen MR) is 88.7 cm³/mol. The van der Waals surface area contributed by atoms with Gasteiger partial charge in [0.2, 0.25) is 0 Å². The van der Waals surface area contributed by atoms with E-state index in [1.165, 1.54) is 24.4 Å². The molecule has 0 saturated carbocycles. The number of halogens is 1. The number of benzene rings is 1. The SMILES string of the molecule is COC(=O)c1nc(C(=O)O)c2cc(Cc3ccc(F)cc3)cnc2c1O. The number of nitrogens with zero attached hydrogens (tertiary/aromatic N) is 2. The van der Waals surface area contributed by atoms with Gasteiger partial charge in [-0.15, -0.1) is 0 Å². The van der Waals surface area contributed by atoms with Crippen molar-refractivity contribution in [1.29, 1.82) is 0 Å². The topological polar surface area (TPSA) is 110 Å². The molecule has 0 spiro atoms. The Morgan fingerprint density at radius 3 is 2.46 bits per heavy atom. The van der Waals surface area contributed by atoms with Crippen molar-refractivity contribution in [1.82, 2.24) is 9.97 Å². The number of carboxylic acid groups (broad SMARTS) is 1. The Bertz CT molecular complexity index is 1020. The summed E-state index contributed by atoms with van der Waals surface area (Å²) < 4.78 is 17.5. The molecule has 1 aromatic carbocycles. The number of hydrogen-bond donors (Lipinski definition) is 2. The fourth-order valence-electron chi connectivity index (χ4n) is 2.55. The molecule has 3 rings (SSSR count). The molecular formula is C18H13FN2O5. The summed E-state index contributed by atoms with van der Waals surface area (Å²) in [6, 6.07) is 7.37. The number of fused-ring (bicyclic) bond motifs is 1. The normalized spacial score (nSPS) is 10.7. The lowest BCUT2D eigenvalue weighted by molar-refractivity contribution is 0.0590. The molecule has 0 aliphatic heterocycles. The minimum Gasteiger partial charge on any atom is -0.504 e. The van der Waals surface area contributed by atoms with Crippen LogP contribution in [0.25, 0.3) is 10.9 Å². The van der Waals surface area contributed by atoms with Gasteiger partial charge in [0.05, 0.1) is 7.11 Å². The van der Waals surface area contributed by atoms with Crippen LogP contribution in [0.2, 0.25) is 0 Å². The number of pyridine rings is 2. The molecule has 0 atom stereocenters. The first-order valence-electron chi connectivity index (χ1n) is 7.48. The van der Waals surface area contributed by atoms with Gasteiger partial charge < -0.3 is 14.9 Å². The van der Waals surface area contributed by atoms with Crippen LogP contribution >= 0.6 is 0 Å². The highest BCUT2D eigenvalue weighted by atomic mass is 19.1. The van der Waals surface area contributed by atoms with Crippen molar-refractivity contribution in [3.8, 4) is 5.75 Å². The molecule has 7 nitrogen and oxygen atoms in total. The number of aromatic hydroxyl groups is 1. The fourth-order valence-corrected chi connectivity index (χ4v) is 2.55. The molecule has 26 heavy (non-hydrogen) atoms. The maximum atomic E-state index is 13.0. The summed E-state index contributed by atoms with van der Waals surface area (Å²) in [5.41, 5.74) is 0.426. The summed E-state index contributed by atoms with van der Waals surface area (Å²) >= 11 is 0. The fraction of sp³-hybridized carbons (Fsp3) is 0.111. The van der Waals surface area contributed by atoms with Crippen molar-refractivity contribution in [2.24, 2.45) is 0 Å². The Hall–Kier alpha value is -3.55. The van der Waals surface area contributed by atoms with Gasteiger partial charge in [-0.05, 0) is 35.7 Å². The Kier molecular flexibility index (Phi) is 4.49. The Morgan fingerprint density at radius 1 is 1.15 bits per heavy atom. The first kappa shape index (κ1) is 17.3. The van der Waals surface area contributed by atoms with E-state index in [1.807, 2.05) is 0 Å². The van der Waals surface area contributed by atoms with Crippen molar-refractivity contribution in [2.45, 2.75) is 6.42 Å². The van der Waals surface area contributed by atoms with Crippen LogP contribution in [0.4, 0.5) is 4.39 Å². The van der Waals surface area contributed by atoms with Crippen LogP contribution in [0.1, 0.15) is 32.1 Å². The van der Waals surface area contributed by atoms with Crippen LogP contribution in [0.15, 0.2) is 36.5 Å². The van der Waals surface area contributed by atoms with Crippen LogP contribution in [0.3, 0.4) is 0 Å². The molecule has 2 heterocycles. The molecule has 0 aliphatic carbocycles. The van der Waals surface area contributed by atoms with Crippen molar-refractivity contribution in [3.05, 3.63) is 64.9 Å². The molecule has 0 amide bonds. The molecular weight excluding hydrogens is 343 g/mol. The number of hydrogen-bond acceptors (Lipinski definition) is 6. The van der Waals surface area contributed by atoms with E-state index in [0.717, 1.165) is 12.7 Å². The number of ether oxygens (including phenoxy) is 1. The van der Waals surface area contributed by atoms with Gasteiger partial charge in [0, 0.05) is 11.6 Å². The van der Waals surface area contributed by atoms with Gasteiger partial charge in [-0.2, -0.15) is 0 Å². The van der Waals surface area contributed by atoms with Crippen LogP contribution in [-0.2, 0) is 11.2 Å². The average molecular weight is 356 g/mol. The lowest BCUT2D eigenvalue weighted by atomic mass is 10.0. The quantitative estimate of drug-likeness (QED) is 0.691. The molecule has 3 aromatic rings. The second-order valence-electron chi connectivity index (χ2n) is 5.50. The highest BCUT2D eigenvalue weighted by molar-refractivity contribution is 6.06.